The van der Waals surface area contributed by atoms with Crippen LogP contribution >= 0.6 is 0 Å². The van der Waals surface area contributed by atoms with Crippen molar-refractivity contribution in [3.8, 4) is 0 Å². The Morgan fingerprint density at radius 3 is 2.26 bits per heavy atom. The van der Waals surface area contributed by atoms with E-state index in [1.54, 1.807) is 0 Å². The SMILES string of the molecule is CC(=O)NC1CCN(C(=O)NC(C2CC2)C2CC2)C1. The van der Waals surface area contributed by atoms with Gasteiger partial charge in [-0.3, -0.25) is 4.79 Å². The molecule has 3 fully saturated rings. The van der Waals surface area contributed by atoms with Crippen LogP contribution in [0.1, 0.15) is 39.0 Å². The first-order chi connectivity index (χ1) is 9.13. The Balaban J connectivity index is 1.49. The van der Waals surface area contributed by atoms with E-state index in [2.05, 4.69) is 10.6 Å². The molecule has 1 aliphatic heterocycles. The van der Waals surface area contributed by atoms with E-state index in [-0.39, 0.29) is 18.0 Å². The second kappa shape index (κ2) is 5.02. The van der Waals surface area contributed by atoms with Crippen molar-refractivity contribution in [2.45, 2.75) is 51.1 Å². The average Bonchev–Trinajstić information content (AvgIpc) is 3.25. The lowest BCUT2D eigenvalue weighted by Gasteiger charge is -2.23. The summed E-state index contributed by atoms with van der Waals surface area (Å²) in [6.45, 7) is 2.92. The van der Waals surface area contributed by atoms with Gasteiger partial charge in [-0.1, -0.05) is 0 Å². The van der Waals surface area contributed by atoms with E-state index in [0.29, 0.717) is 12.6 Å². The van der Waals surface area contributed by atoms with Crippen LogP contribution in [0, 0.1) is 11.8 Å². The summed E-state index contributed by atoms with van der Waals surface area (Å²) in [4.78, 5) is 25.1. The van der Waals surface area contributed by atoms with Gasteiger partial charge in [-0.05, 0) is 43.9 Å². The molecule has 2 N–H and O–H groups in total. The third-order valence-corrected chi connectivity index (χ3v) is 4.43. The van der Waals surface area contributed by atoms with E-state index >= 15 is 0 Å². The zero-order chi connectivity index (χ0) is 13.4. The normalized spacial score (nSPS) is 26.6. The van der Waals surface area contributed by atoms with Crippen molar-refractivity contribution in [1.82, 2.24) is 15.5 Å². The van der Waals surface area contributed by atoms with E-state index in [9.17, 15) is 9.59 Å². The van der Waals surface area contributed by atoms with Crippen LogP contribution in [0.3, 0.4) is 0 Å². The van der Waals surface area contributed by atoms with Gasteiger partial charge in [0.15, 0.2) is 0 Å². The predicted molar refractivity (Wildman–Crippen MR) is 71.6 cm³/mol. The molecular formula is C14H23N3O2. The minimum absolute atomic E-state index is 0.0129. The maximum Gasteiger partial charge on any atom is 0.317 e. The fourth-order valence-corrected chi connectivity index (χ4v) is 3.12. The molecule has 0 aromatic heterocycles. The van der Waals surface area contributed by atoms with Crippen LogP contribution in [-0.2, 0) is 4.79 Å². The Kier molecular flexibility index (Phi) is 3.37. The van der Waals surface area contributed by atoms with Crippen LogP contribution in [0.25, 0.3) is 0 Å². The molecule has 0 spiro atoms. The minimum Gasteiger partial charge on any atom is -0.352 e. The minimum atomic E-state index is -0.0129. The lowest BCUT2D eigenvalue weighted by atomic mass is 10.1. The number of nitrogens with one attached hydrogen (secondary N) is 2. The quantitative estimate of drug-likeness (QED) is 0.799. The second-order valence-electron chi connectivity index (χ2n) is 6.28. The molecule has 0 radical (unpaired) electrons. The van der Waals surface area contributed by atoms with Crippen molar-refractivity contribution < 1.29 is 9.59 Å². The fraction of sp³-hybridized carbons (Fsp3) is 0.857. The number of urea groups is 1. The molecule has 3 aliphatic rings. The summed E-state index contributed by atoms with van der Waals surface area (Å²) in [5, 5.41) is 6.12. The van der Waals surface area contributed by atoms with Crippen LogP contribution in [-0.4, -0.2) is 42.0 Å². The van der Waals surface area contributed by atoms with E-state index in [4.69, 9.17) is 0 Å². The molecule has 2 aliphatic carbocycles. The monoisotopic (exact) mass is 265 g/mol. The summed E-state index contributed by atoms with van der Waals surface area (Å²) in [7, 11) is 0. The van der Waals surface area contributed by atoms with Gasteiger partial charge < -0.3 is 15.5 Å². The summed E-state index contributed by atoms with van der Waals surface area (Å²) in [6.07, 6.45) is 5.96. The van der Waals surface area contributed by atoms with Crippen molar-refractivity contribution in [3.63, 3.8) is 0 Å². The first-order valence-electron chi connectivity index (χ1n) is 7.46. The van der Waals surface area contributed by atoms with E-state index in [1.807, 2.05) is 4.90 Å². The summed E-state index contributed by atoms with van der Waals surface area (Å²) < 4.78 is 0. The summed E-state index contributed by atoms with van der Waals surface area (Å²) in [6, 6.07) is 0.604. The molecule has 106 valence electrons. The number of hydrogen-bond acceptors (Lipinski definition) is 2. The fourth-order valence-electron chi connectivity index (χ4n) is 3.12. The molecule has 1 unspecified atom stereocenters. The number of carbonyl (C=O) groups excluding carboxylic acids is 2. The maximum atomic E-state index is 12.3. The molecule has 19 heavy (non-hydrogen) atoms. The third-order valence-electron chi connectivity index (χ3n) is 4.43. The van der Waals surface area contributed by atoms with Crippen LogP contribution in [0.4, 0.5) is 4.79 Å². The number of nitrogens with zero attached hydrogens (tertiary/aromatic N) is 1. The molecule has 0 aromatic carbocycles. The highest BCUT2D eigenvalue weighted by atomic mass is 16.2. The van der Waals surface area contributed by atoms with Gasteiger partial charge in [0.2, 0.25) is 5.91 Å². The molecule has 1 saturated heterocycles. The topological polar surface area (TPSA) is 61.4 Å². The van der Waals surface area contributed by atoms with Crippen molar-refractivity contribution in [2.75, 3.05) is 13.1 Å². The maximum absolute atomic E-state index is 12.3. The molecule has 1 heterocycles. The van der Waals surface area contributed by atoms with E-state index in [0.717, 1.165) is 24.8 Å². The van der Waals surface area contributed by atoms with Crippen molar-refractivity contribution in [1.29, 1.82) is 0 Å². The summed E-state index contributed by atoms with van der Waals surface area (Å²) in [5.74, 6) is 1.44. The van der Waals surface area contributed by atoms with Gasteiger partial charge in [0.05, 0.1) is 0 Å². The molecule has 2 saturated carbocycles. The van der Waals surface area contributed by atoms with Gasteiger partial charge in [-0.25, -0.2) is 4.79 Å². The van der Waals surface area contributed by atoms with Crippen LogP contribution in [0.15, 0.2) is 0 Å². The first-order valence-corrected chi connectivity index (χ1v) is 7.46. The Bertz CT molecular complexity index is 365. The smallest absolute Gasteiger partial charge is 0.317 e. The van der Waals surface area contributed by atoms with Gasteiger partial charge in [-0.2, -0.15) is 0 Å². The van der Waals surface area contributed by atoms with E-state index in [1.165, 1.54) is 32.6 Å². The van der Waals surface area contributed by atoms with Crippen molar-refractivity contribution >= 4 is 11.9 Å². The summed E-state index contributed by atoms with van der Waals surface area (Å²) >= 11 is 0. The lowest BCUT2D eigenvalue weighted by Crippen LogP contribution is -2.47. The molecule has 5 nitrogen and oxygen atoms in total. The van der Waals surface area contributed by atoms with E-state index < -0.39 is 0 Å². The second-order valence-corrected chi connectivity index (χ2v) is 6.28. The van der Waals surface area contributed by atoms with Gasteiger partial charge >= 0.3 is 6.03 Å². The number of likely N-dealkylation sites (tertiary alicyclic amines) is 1. The van der Waals surface area contributed by atoms with Gasteiger partial charge in [0, 0.05) is 32.1 Å². The molecular weight excluding hydrogens is 242 g/mol. The molecule has 1 atom stereocenters. The van der Waals surface area contributed by atoms with Crippen molar-refractivity contribution in [3.05, 3.63) is 0 Å². The van der Waals surface area contributed by atoms with Crippen molar-refractivity contribution in [2.24, 2.45) is 11.8 Å². The zero-order valence-corrected chi connectivity index (χ0v) is 11.5. The van der Waals surface area contributed by atoms with Gasteiger partial charge in [0.1, 0.15) is 0 Å². The lowest BCUT2D eigenvalue weighted by molar-refractivity contribution is -0.119. The van der Waals surface area contributed by atoms with Gasteiger partial charge in [0.25, 0.3) is 0 Å². The zero-order valence-electron chi connectivity index (χ0n) is 11.5. The van der Waals surface area contributed by atoms with Crippen LogP contribution < -0.4 is 10.6 Å². The number of rotatable bonds is 4. The predicted octanol–water partition coefficient (Wildman–Crippen LogP) is 1.09. The highest BCUT2D eigenvalue weighted by Gasteiger charge is 2.43. The van der Waals surface area contributed by atoms with Gasteiger partial charge in [-0.15, -0.1) is 0 Å². The molecule has 5 heteroatoms. The highest BCUT2D eigenvalue weighted by molar-refractivity contribution is 5.76. The molecule has 0 bridgehead atoms. The number of carbonyl (C=O) groups is 2. The largest absolute Gasteiger partial charge is 0.352 e. The Hall–Kier alpha value is -1.26. The Labute approximate surface area is 114 Å². The molecule has 0 aromatic rings. The summed E-state index contributed by atoms with van der Waals surface area (Å²) in [5.41, 5.74) is 0. The van der Waals surface area contributed by atoms with Crippen LogP contribution in [0.5, 0.6) is 0 Å². The van der Waals surface area contributed by atoms with Crippen LogP contribution in [0.2, 0.25) is 0 Å². The number of hydrogen-bond donors (Lipinski definition) is 2. The first kappa shape index (κ1) is 12.8. The Morgan fingerprint density at radius 1 is 1.11 bits per heavy atom. The standard InChI is InChI=1S/C14H23N3O2/c1-9(18)15-12-6-7-17(8-12)14(19)16-13(10-2-3-10)11-4-5-11/h10-13H,2-8H2,1H3,(H,15,18)(H,16,19). The Morgan fingerprint density at radius 2 is 1.74 bits per heavy atom. The number of amides is 3. The molecule has 3 amide bonds. The highest BCUT2D eigenvalue weighted by Crippen LogP contribution is 2.44. The average molecular weight is 265 g/mol. The molecule has 3 rings (SSSR count). The third kappa shape index (κ3) is 3.19.